The van der Waals surface area contributed by atoms with Crippen LogP contribution in [-0.2, 0) is 6.54 Å². The predicted molar refractivity (Wildman–Crippen MR) is 81.8 cm³/mol. The van der Waals surface area contributed by atoms with E-state index in [0.29, 0.717) is 13.2 Å². The molecule has 1 aromatic rings. The van der Waals surface area contributed by atoms with Crippen molar-refractivity contribution in [3.8, 4) is 11.5 Å². The summed E-state index contributed by atoms with van der Waals surface area (Å²) in [5, 5.41) is 3.61. The van der Waals surface area contributed by atoms with Crippen LogP contribution in [0.1, 0.15) is 24.8 Å². The first-order valence-electron chi connectivity index (χ1n) is 8.22. The average molecular weight is 288 g/mol. The largest absolute Gasteiger partial charge is 0.486 e. The minimum atomic E-state index is 0.656. The molecular formula is C17H24N2O2. The van der Waals surface area contributed by atoms with E-state index in [1.807, 2.05) is 6.07 Å². The number of nitrogens with one attached hydrogen (secondary N) is 1. The molecule has 0 unspecified atom stereocenters. The molecule has 3 aliphatic rings. The number of rotatable bonds is 5. The first-order valence-corrected chi connectivity index (χ1v) is 8.22. The molecule has 114 valence electrons. The number of benzene rings is 1. The van der Waals surface area contributed by atoms with Crippen molar-refractivity contribution in [2.24, 2.45) is 5.92 Å². The van der Waals surface area contributed by atoms with Gasteiger partial charge in [0.1, 0.15) is 13.2 Å². The van der Waals surface area contributed by atoms with E-state index in [1.54, 1.807) is 0 Å². The van der Waals surface area contributed by atoms with Crippen LogP contribution < -0.4 is 14.8 Å². The SMILES string of the molecule is c1cc(CNC[C@@H]2CCN(C3CC3)C2)c2c(c1)OCCO2. The molecule has 1 aliphatic carbocycles. The zero-order valence-electron chi connectivity index (χ0n) is 12.5. The summed E-state index contributed by atoms with van der Waals surface area (Å²) < 4.78 is 11.4. The quantitative estimate of drug-likeness (QED) is 0.899. The average Bonchev–Trinajstić information content (AvgIpc) is 3.27. The van der Waals surface area contributed by atoms with Crippen molar-refractivity contribution in [3.05, 3.63) is 23.8 Å². The van der Waals surface area contributed by atoms with Crippen LogP contribution in [0.2, 0.25) is 0 Å². The summed E-state index contributed by atoms with van der Waals surface area (Å²) in [7, 11) is 0. The lowest BCUT2D eigenvalue weighted by Gasteiger charge is -2.21. The molecule has 1 saturated heterocycles. The van der Waals surface area contributed by atoms with E-state index < -0.39 is 0 Å². The normalized spacial score (nSPS) is 25.2. The lowest BCUT2D eigenvalue weighted by atomic mass is 10.1. The van der Waals surface area contributed by atoms with Gasteiger partial charge in [0.2, 0.25) is 0 Å². The van der Waals surface area contributed by atoms with Gasteiger partial charge in [0.15, 0.2) is 11.5 Å². The van der Waals surface area contributed by atoms with Crippen molar-refractivity contribution < 1.29 is 9.47 Å². The van der Waals surface area contributed by atoms with E-state index in [9.17, 15) is 0 Å². The molecule has 1 atom stereocenters. The maximum Gasteiger partial charge on any atom is 0.165 e. The fraction of sp³-hybridized carbons (Fsp3) is 0.647. The van der Waals surface area contributed by atoms with Gasteiger partial charge >= 0.3 is 0 Å². The Bertz CT molecular complexity index is 502. The summed E-state index contributed by atoms with van der Waals surface area (Å²) in [6.45, 7) is 5.87. The Morgan fingerprint density at radius 1 is 1.14 bits per heavy atom. The van der Waals surface area contributed by atoms with Crippen LogP contribution in [0.15, 0.2) is 18.2 Å². The molecule has 1 aromatic carbocycles. The van der Waals surface area contributed by atoms with Crippen LogP contribution in [-0.4, -0.2) is 43.8 Å². The van der Waals surface area contributed by atoms with Crippen molar-refractivity contribution in [2.75, 3.05) is 32.8 Å². The Hall–Kier alpha value is -1.26. The smallest absolute Gasteiger partial charge is 0.165 e. The van der Waals surface area contributed by atoms with Crippen LogP contribution in [0, 0.1) is 5.92 Å². The Morgan fingerprint density at radius 2 is 2.05 bits per heavy atom. The molecular weight excluding hydrogens is 264 g/mol. The number of ether oxygens (including phenoxy) is 2. The van der Waals surface area contributed by atoms with Gasteiger partial charge in [-0.15, -0.1) is 0 Å². The Kier molecular flexibility index (Phi) is 3.74. The molecule has 0 radical (unpaired) electrons. The molecule has 2 heterocycles. The first kappa shape index (κ1) is 13.4. The van der Waals surface area contributed by atoms with Crippen LogP contribution in [0.5, 0.6) is 11.5 Å². The summed E-state index contributed by atoms with van der Waals surface area (Å²) in [5.74, 6) is 2.63. The maximum atomic E-state index is 5.76. The summed E-state index contributed by atoms with van der Waals surface area (Å²) in [5.41, 5.74) is 1.21. The summed E-state index contributed by atoms with van der Waals surface area (Å²) in [6, 6.07) is 7.09. The second-order valence-electron chi connectivity index (χ2n) is 6.45. The highest BCUT2D eigenvalue weighted by molar-refractivity contribution is 5.47. The molecule has 1 saturated carbocycles. The summed E-state index contributed by atoms with van der Waals surface area (Å²) in [6.07, 6.45) is 4.19. The fourth-order valence-electron chi connectivity index (χ4n) is 3.48. The molecule has 0 bridgehead atoms. The summed E-state index contributed by atoms with van der Waals surface area (Å²) in [4.78, 5) is 2.67. The number of hydrogen-bond acceptors (Lipinski definition) is 4. The van der Waals surface area contributed by atoms with Crippen molar-refractivity contribution in [3.63, 3.8) is 0 Å². The number of para-hydroxylation sites is 1. The second kappa shape index (κ2) is 5.85. The van der Waals surface area contributed by atoms with Crippen LogP contribution >= 0.6 is 0 Å². The molecule has 21 heavy (non-hydrogen) atoms. The van der Waals surface area contributed by atoms with Gasteiger partial charge in [-0.3, -0.25) is 0 Å². The van der Waals surface area contributed by atoms with Crippen LogP contribution in [0.3, 0.4) is 0 Å². The van der Waals surface area contributed by atoms with Gasteiger partial charge in [-0.1, -0.05) is 12.1 Å². The van der Waals surface area contributed by atoms with E-state index in [4.69, 9.17) is 9.47 Å². The van der Waals surface area contributed by atoms with E-state index in [-0.39, 0.29) is 0 Å². The Morgan fingerprint density at radius 3 is 2.95 bits per heavy atom. The molecule has 0 aromatic heterocycles. The second-order valence-corrected chi connectivity index (χ2v) is 6.45. The van der Waals surface area contributed by atoms with E-state index in [0.717, 1.165) is 36.5 Å². The van der Waals surface area contributed by atoms with Crippen molar-refractivity contribution >= 4 is 0 Å². The zero-order chi connectivity index (χ0) is 14.1. The van der Waals surface area contributed by atoms with Gasteiger partial charge in [0, 0.05) is 24.7 Å². The number of likely N-dealkylation sites (tertiary alicyclic amines) is 1. The van der Waals surface area contributed by atoms with Crippen molar-refractivity contribution in [2.45, 2.75) is 31.8 Å². The Balaban J connectivity index is 1.29. The molecule has 4 heteroatoms. The van der Waals surface area contributed by atoms with Gasteiger partial charge in [-0.2, -0.15) is 0 Å². The number of fused-ring (bicyclic) bond motifs is 1. The van der Waals surface area contributed by atoms with Crippen LogP contribution in [0.25, 0.3) is 0 Å². The van der Waals surface area contributed by atoms with E-state index in [2.05, 4.69) is 22.3 Å². The highest BCUT2D eigenvalue weighted by atomic mass is 16.6. The zero-order valence-corrected chi connectivity index (χ0v) is 12.5. The fourth-order valence-corrected chi connectivity index (χ4v) is 3.48. The van der Waals surface area contributed by atoms with E-state index >= 15 is 0 Å². The lowest BCUT2D eigenvalue weighted by molar-refractivity contribution is 0.169. The monoisotopic (exact) mass is 288 g/mol. The third kappa shape index (κ3) is 3.01. The minimum Gasteiger partial charge on any atom is -0.486 e. The third-order valence-electron chi connectivity index (χ3n) is 4.78. The Labute approximate surface area is 126 Å². The van der Waals surface area contributed by atoms with Gasteiger partial charge in [-0.05, 0) is 44.3 Å². The maximum absolute atomic E-state index is 5.76. The van der Waals surface area contributed by atoms with Gasteiger partial charge < -0.3 is 19.7 Å². The lowest BCUT2D eigenvalue weighted by Crippen LogP contribution is -2.27. The molecule has 4 nitrogen and oxygen atoms in total. The minimum absolute atomic E-state index is 0.656. The molecule has 4 rings (SSSR count). The number of hydrogen-bond donors (Lipinski definition) is 1. The summed E-state index contributed by atoms with van der Waals surface area (Å²) >= 11 is 0. The molecule has 1 N–H and O–H groups in total. The molecule has 0 spiro atoms. The standard InChI is InChI=1S/C17H24N2O2/c1-2-14(17-16(3-1)20-8-9-21-17)11-18-10-13-6-7-19(12-13)15-4-5-15/h1-3,13,15,18H,4-12H2/t13-/m0/s1. The highest BCUT2D eigenvalue weighted by Gasteiger charge is 2.34. The molecule has 2 fully saturated rings. The topological polar surface area (TPSA) is 33.7 Å². The molecule has 2 aliphatic heterocycles. The van der Waals surface area contributed by atoms with Crippen molar-refractivity contribution in [1.82, 2.24) is 10.2 Å². The van der Waals surface area contributed by atoms with Crippen LogP contribution in [0.4, 0.5) is 0 Å². The van der Waals surface area contributed by atoms with Crippen molar-refractivity contribution in [1.29, 1.82) is 0 Å². The van der Waals surface area contributed by atoms with Gasteiger partial charge in [0.25, 0.3) is 0 Å². The van der Waals surface area contributed by atoms with E-state index in [1.165, 1.54) is 37.9 Å². The van der Waals surface area contributed by atoms with Gasteiger partial charge in [0.05, 0.1) is 0 Å². The van der Waals surface area contributed by atoms with Gasteiger partial charge in [-0.25, -0.2) is 0 Å². The molecule has 0 amide bonds. The predicted octanol–water partition coefficient (Wildman–Crippen LogP) is 2.03. The number of nitrogens with zero attached hydrogens (tertiary/aromatic N) is 1. The first-order chi connectivity index (χ1) is 10.4. The highest BCUT2D eigenvalue weighted by Crippen LogP contribution is 2.34. The third-order valence-corrected chi connectivity index (χ3v) is 4.78.